The second kappa shape index (κ2) is 7.56. The first-order valence-electron chi connectivity index (χ1n) is 6.48. The molecule has 2 amide bonds. The highest BCUT2D eigenvalue weighted by Gasteiger charge is 2.18. The van der Waals surface area contributed by atoms with Gasteiger partial charge in [-0.1, -0.05) is 13.8 Å². The van der Waals surface area contributed by atoms with E-state index in [0.717, 1.165) is 23.1 Å². The van der Waals surface area contributed by atoms with E-state index < -0.39 is 30.2 Å². The molecule has 0 aliphatic carbocycles. The molecule has 7 heteroatoms. The number of nitrogens with zero attached hydrogens (tertiary/aromatic N) is 1. The smallest absolute Gasteiger partial charge is 0.323 e. The Bertz CT molecular complexity index is 521. The van der Waals surface area contributed by atoms with Crippen LogP contribution in [0.25, 0.3) is 0 Å². The van der Waals surface area contributed by atoms with Crippen LogP contribution in [0.15, 0.2) is 18.2 Å². The standard InChI is InChI=1S/C14H18F2N2O3/c1-9(2)7-18(8-13(19)20)14(21)17-6-10-5-11(15)3-4-12(10)16/h3-5,9H,6-8H2,1-2H3,(H,17,21)(H,19,20). The quantitative estimate of drug-likeness (QED) is 0.846. The number of hydrogen-bond donors (Lipinski definition) is 2. The fraction of sp³-hybridized carbons (Fsp3) is 0.429. The zero-order valence-corrected chi connectivity index (χ0v) is 11.9. The minimum absolute atomic E-state index is 0.00294. The lowest BCUT2D eigenvalue weighted by Gasteiger charge is -2.23. The lowest BCUT2D eigenvalue weighted by Crippen LogP contribution is -2.44. The Hall–Kier alpha value is -2.18. The maximum Gasteiger partial charge on any atom is 0.323 e. The zero-order chi connectivity index (χ0) is 16.0. The third kappa shape index (κ3) is 5.76. The minimum atomic E-state index is -1.14. The van der Waals surface area contributed by atoms with Crippen molar-refractivity contribution >= 4 is 12.0 Å². The number of hydrogen-bond acceptors (Lipinski definition) is 2. The Balaban J connectivity index is 2.68. The molecule has 116 valence electrons. The summed E-state index contributed by atoms with van der Waals surface area (Å²) >= 11 is 0. The molecule has 0 fully saturated rings. The van der Waals surface area contributed by atoms with E-state index >= 15 is 0 Å². The molecule has 0 unspecified atom stereocenters. The van der Waals surface area contributed by atoms with Crippen molar-refractivity contribution in [2.24, 2.45) is 5.92 Å². The second-order valence-corrected chi connectivity index (χ2v) is 5.06. The van der Waals surface area contributed by atoms with E-state index in [2.05, 4.69) is 5.32 Å². The summed E-state index contributed by atoms with van der Waals surface area (Å²) in [6.45, 7) is 3.28. The molecule has 0 bridgehead atoms. The predicted octanol–water partition coefficient (Wildman–Crippen LogP) is 2.22. The van der Waals surface area contributed by atoms with Crippen molar-refractivity contribution in [3.8, 4) is 0 Å². The number of halogens is 2. The molecular weight excluding hydrogens is 282 g/mol. The van der Waals surface area contributed by atoms with Gasteiger partial charge in [0.25, 0.3) is 0 Å². The molecule has 0 aliphatic heterocycles. The van der Waals surface area contributed by atoms with Crippen molar-refractivity contribution in [1.82, 2.24) is 10.2 Å². The number of amides is 2. The normalized spacial score (nSPS) is 10.5. The van der Waals surface area contributed by atoms with E-state index in [9.17, 15) is 18.4 Å². The highest BCUT2D eigenvalue weighted by Crippen LogP contribution is 2.09. The van der Waals surface area contributed by atoms with E-state index in [-0.39, 0.29) is 24.6 Å². The van der Waals surface area contributed by atoms with Gasteiger partial charge in [0.2, 0.25) is 0 Å². The number of nitrogens with one attached hydrogen (secondary N) is 1. The number of carboxylic acids is 1. The van der Waals surface area contributed by atoms with Gasteiger partial charge in [0.05, 0.1) is 0 Å². The fourth-order valence-corrected chi connectivity index (χ4v) is 1.78. The van der Waals surface area contributed by atoms with E-state index in [0.29, 0.717) is 0 Å². The van der Waals surface area contributed by atoms with Crippen molar-refractivity contribution < 1.29 is 23.5 Å². The van der Waals surface area contributed by atoms with Gasteiger partial charge in [-0.3, -0.25) is 4.79 Å². The van der Waals surface area contributed by atoms with Gasteiger partial charge in [0, 0.05) is 18.7 Å². The number of urea groups is 1. The molecule has 5 nitrogen and oxygen atoms in total. The Morgan fingerprint density at radius 3 is 2.57 bits per heavy atom. The zero-order valence-electron chi connectivity index (χ0n) is 11.9. The molecule has 0 saturated heterocycles. The lowest BCUT2D eigenvalue weighted by atomic mass is 10.2. The predicted molar refractivity (Wildman–Crippen MR) is 72.6 cm³/mol. The van der Waals surface area contributed by atoms with Crippen LogP contribution in [0.4, 0.5) is 13.6 Å². The molecule has 1 rings (SSSR count). The molecule has 0 saturated carbocycles. The Labute approximate surface area is 121 Å². The number of benzene rings is 1. The highest BCUT2D eigenvalue weighted by molar-refractivity contribution is 5.80. The largest absolute Gasteiger partial charge is 0.480 e. The average Bonchev–Trinajstić information content (AvgIpc) is 2.37. The van der Waals surface area contributed by atoms with Crippen molar-refractivity contribution in [3.05, 3.63) is 35.4 Å². The van der Waals surface area contributed by atoms with Crippen LogP contribution in [-0.4, -0.2) is 35.1 Å². The molecule has 0 atom stereocenters. The summed E-state index contributed by atoms with van der Waals surface area (Å²) < 4.78 is 26.4. The van der Waals surface area contributed by atoms with Gasteiger partial charge < -0.3 is 15.3 Å². The van der Waals surface area contributed by atoms with Gasteiger partial charge in [-0.25, -0.2) is 13.6 Å². The van der Waals surface area contributed by atoms with Crippen LogP contribution < -0.4 is 5.32 Å². The second-order valence-electron chi connectivity index (χ2n) is 5.06. The molecule has 0 spiro atoms. The fourth-order valence-electron chi connectivity index (χ4n) is 1.78. The summed E-state index contributed by atoms with van der Waals surface area (Å²) in [7, 11) is 0. The molecule has 0 aliphatic rings. The van der Waals surface area contributed by atoms with E-state index in [4.69, 9.17) is 5.11 Å². The van der Waals surface area contributed by atoms with E-state index in [1.54, 1.807) is 0 Å². The Morgan fingerprint density at radius 1 is 1.33 bits per heavy atom. The first kappa shape index (κ1) is 16.9. The van der Waals surface area contributed by atoms with Crippen LogP contribution in [0.2, 0.25) is 0 Å². The van der Waals surface area contributed by atoms with Crippen molar-refractivity contribution in [3.63, 3.8) is 0 Å². The summed E-state index contributed by atoms with van der Waals surface area (Å²) in [6, 6.07) is 2.31. The van der Waals surface area contributed by atoms with Crippen LogP contribution >= 0.6 is 0 Å². The van der Waals surface area contributed by atoms with Crippen molar-refractivity contribution in [2.75, 3.05) is 13.1 Å². The molecular formula is C14H18F2N2O3. The summed E-state index contributed by atoms with van der Waals surface area (Å²) in [5.41, 5.74) is 0.00294. The van der Waals surface area contributed by atoms with E-state index in [1.165, 1.54) is 0 Å². The molecule has 1 aromatic rings. The number of aliphatic carboxylic acids is 1. The SMILES string of the molecule is CC(C)CN(CC(=O)O)C(=O)NCc1cc(F)ccc1F. The van der Waals surface area contributed by atoms with Gasteiger partial charge in [-0.2, -0.15) is 0 Å². The Kier molecular flexibility index (Phi) is 6.08. The van der Waals surface area contributed by atoms with Gasteiger partial charge in [-0.05, 0) is 24.1 Å². The molecule has 2 N–H and O–H groups in total. The molecule has 21 heavy (non-hydrogen) atoms. The number of carbonyl (C=O) groups is 2. The summed E-state index contributed by atoms with van der Waals surface area (Å²) in [5, 5.41) is 11.2. The summed E-state index contributed by atoms with van der Waals surface area (Å²) in [6.07, 6.45) is 0. The maximum absolute atomic E-state index is 13.4. The first-order valence-corrected chi connectivity index (χ1v) is 6.48. The van der Waals surface area contributed by atoms with Crippen LogP contribution in [0, 0.1) is 17.6 Å². The Morgan fingerprint density at radius 2 is 2.00 bits per heavy atom. The third-order valence-electron chi connectivity index (χ3n) is 2.64. The third-order valence-corrected chi connectivity index (χ3v) is 2.64. The van der Waals surface area contributed by atoms with Crippen LogP contribution in [0.3, 0.4) is 0 Å². The van der Waals surface area contributed by atoms with Crippen LogP contribution in [-0.2, 0) is 11.3 Å². The van der Waals surface area contributed by atoms with Crippen molar-refractivity contribution in [1.29, 1.82) is 0 Å². The molecule has 0 aromatic heterocycles. The van der Waals surface area contributed by atoms with Gasteiger partial charge in [0.15, 0.2) is 0 Å². The maximum atomic E-state index is 13.4. The average molecular weight is 300 g/mol. The number of carboxylic acid groups (broad SMARTS) is 1. The minimum Gasteiger partial charge on any atom is -0.480 e. The van der Waals surface area contributed by atoms with E-state index in [1.807, 2.05) is 13.8 Å². The number of carbonyl (C=O) groups excluding carboxylic acids is 1. The monoisotopic (exact) mass is 300 g/mol. The van der Waals surface area contributed by atoms with Gasteiger partial charge >= 0.3 is 12.0 Å². The van der Waals surface area contributed by atoms with Crippen LogP contribution in [0.5, 0.6) is 0 Å². The molecule has 0 heterocycles. The van der Waals surface area contributed by atoms with Crippen molar-refractivity contribution in [2.45, 2.75) is 20.4 Å². The summed E-state index contributed by atoms with van der Waals surface area (Å²) in [4.78, 5) is 23.8. The van der Waals surface area contributed by atoms with Crippen LogP contribution in [0.1, 0.15) is 19.4 Å². The summed E-state index contributed by atoms with van der Waals surface area (Å²) in [5.74, 6) is -2.29. The molecule has 0 radical (unpaired) electrons. The topological polar surface area (TPSA) is 69.6 Å². The lowest BCUT2D eigenvalue weighted by molar-refractivity contribution is -0.137. The molecule has 1 aromatic carbocycles. The van der Waals surface area contributed by atoms with Gasteiger partial charge in [-0.15, -0.1) is 0 Å². The van der Waals surface area contributed by atoms with Gasteiger partial charge in [0.1, 0.15) is 18.2 Å². The highest BCUT2D eigenvalue weighted by atomic mass is 19.1. The number of rotatable bonds is 6. The first-order chi connectivity index (χ1) is 9.79.